The molecule has 1 saturated heterocycles. The number of likely N-dealkylation sites (tertiary alicyclic amines) is 1. The van der Waals surface area contributed by atoms with Crippen LogP contribution in [0.5, 0.6) is 5.75 Å². The van der Waals surface area contributed by atoms with Gasteiger partial charge in [-0.05, 0) is 81.0 Å². The number of carbonyl (C=O) groups is 9. The second-order valence-corrected chi connectivity index (χ2v) is 18.9. The minimum absolute atomic E-state index is 0.0340. The standard InChI is InChI=1S/C46H77N13O13S/c1-24(2)19-30(53-41(67)33(22-61)56-43(69)36(25(3)4)58-42(68)35-11-8-18-59(35)44(70)28(48)9-5-6-16-47)38(64)55-32(21-60)40(66)54-31(20-26-12-14-27(62)15-13-26)39(65)52-29(10-7-17-51-46(49)50)37(63)57-34(23-73)45(71)72/h12-15,24-25,28-36,60-62,73H,5-11,16-23,47-48H2,1-4H3,(H,52,65)(H,53,67)(H,54,66)(H,55,64)(H,56,69)(H,57,63)(H,58,68)(H,71,72)(H4,49,50,51). The van der Waals surface area contributed by atoms with Crippen molar-refractivity contribution in [1.82, 2.24) is 42.1 Å². The van der Waals surface area contributed by atoms with Crippen LogP contribution in [0, 0.1) is 11.8 Å². The van der Waals surface area contributed by atoms with Crippen molar-refractivity contribution in [2.24, 2.45) is 39.8 Å². The number of rotatable bonds is 32. The second-order valence-electron chi connectivity index (χ2n) is 18.5. The van der Waals surface area contributed by atoms with Crippen molar-refractivity contribution in [3.8, 4) is 5.75 Å². The normalized spacial score (nSPS) is 16.6. The molecule has 0 bridgehead atoms. The molecule has 1 heterocycles. The molecule has 1 aliphatic heterocycles. The van der Waals surface area contributed by atoms with Crippen molar-refractivity contribution in [3.63, 3.8) is 0 Å². The number of guanidine groups is 1. The highest BCUT2D eigenvalue weighted by molar-refractivity contribution is 7.80. The van der Waals surface area contributed by atoms with Crippen LogP contribution in [-0.2, 0) is 49.6 Å². The number of amides is 8. The van der Waals surface area contributed by atoms with Crippen molar-refractivity contribution in [2.75, 3.05) is 38.6 Å². The van der Waals surface area contributed by atoms with E-state index < -0.39 is 127 Å². The van der Waals surface area contributed by atoms with Gasteiger partial charge in [-0.3, -0.25) is 43.3 Å². The summed E-state index contributed by atoms with van der Waals surface area (Å²) in [6.07, 6.45) is 2.29. The van der Waals surface area contributed by atoms with Gasteiger partial charge in [-0.2, -0.15) is 12.6 Å². The van der Waals surface area contributed by atoms with E-state index in [1.54, 1.807) is 27.7 Å². The summed E-state index contributed by atoms with van der Waals surface area (Å²) in [5.41, 5.74) is 22.9. The number of phenols is 1. The van der Waals surface area contributed by atoms with E-state index in [0.29, 0.717) is 50.8 Å². The fourth-order valence-electron chi connectivity index (χ4n) is 7.68. The number of phenolic OH excluding ortho intramolecular Hbond substituents is 1. The summed E-state index contributed by atoms with van der Waals surface area (Å²) in [5, 5.41) is 57.3. The molecule has 0 spiro atoms. The third kappa shape index (κ3) is 21.4. The molecule has 1 aromatic carbocycles. The molecule has 73 heavy (non-hydrogen) atoms. The summed E-state index contributed by atoms with van der Waals surface area (Å²) in [4.78, 5) is 126. The summed E-state index contributed by atoms with van der Waals surface area (Å²) < 4.78 is 0. The molecule has 1 aliphatic rings. The van der Waals surface area contributed by atoms with Crippen LogP contribution in [-0.4, -0.2) is 177 Å². The summed E-state index contributed by atoms with van der Waals surface area (Å²) in [6.45, 7) is 5.53. The first-order chi connectivity index (χ1) is 34.5. The highest BCUT2D eigenvalue weighted by atomic mass is 32.1. The number of aromatic hydroxyl groups is 1. The van der Waals surface area contributed by atoms with E-state index in [4.69, 9.17) is 22.9 Å². The maximum atomic E-state index is 14.0. The number of aliphatic hydroxyl groups excluding tert-OH is 2. The largest absolute Gasteiger partial charge is 0.508 e. The van der Waals surface area contributed by atoms with Gasteiger partial charge in [-0.25, -0.2) is 4.79 Å². The summed E-state index contributed by atoms with van der Waals surface area (Å²) in [6, 6.07) is -6.58. The van der Waals surface area contributed by atoms with Crippen LogP contribution in [0.2, 0.25) is 0 Å². The monoisotopic (exact) mass is 1050 g/mol. The van der Waals surface area contributed by atoms with Crippen LogP contribution in [0.15, 0.2) is 29.3 Å². The van der Waals surface area contributed by atoms with Crippen LogP contribution in [0.25, 0.3) is 0 Å². The molecule has 1 fully saturated rings. The number of thiol groups is 1. The summed E-state index contributed by atoms with van der Waals surface area (Å²) in [5.74, 6) is -9.62. The Morgan fingerprint density at radius 1 is 0.712 bits per heavy atom. The maximum Gasteiger partial charge on any atom is 0.327 e. The smallest absolute Gasteiger partial charge is 0.327 e. The highest BCUT2D eigenvalue weighted by Crippen LogP contribution is 2.20. The number of nitrogens with two attached hydrogens (primary N) is 4. The third-order valence-electron chi connectivity index (χ3n) is 11.7. The van der Waals surface area contributed by atoms with E-state index in [9.17, 15) is 63.6 Å². The lowest BCUT2D eigenvalue weighted by atomic mass is 10.0. The average molecular weight is 1050 g/mol. The van der Waals surface area contributed by atoms with E-state index >= 15 is 0 Å². The van der Waals surface area contributed by atoms with E-state index in [1.807, 2.05) is 0 Å². The van der Waals surface area contributed by atoms with Gasteiger partial charge in [0.2, 0.25) is 47.3 Å². The van der Waals surface area contributed by atoms with Gasteiger partial charge in [0.25, 0.3) is 0 Å². The predicted octanol–water partition coefficient (Wildman–Crippen LogP) is -4.47. The first-order valence-corrected chi connectivity index (χ1v) is 24.9. The van der Waals surface area contributed by atoms with Crippen LogP contribution in [0.4, 0.5) is 0 Å². The topological polar surface area (TPSA) is 438 Å². The van der Waals surface area contributed by atoms with E-state index in [1.165, 1.54) is 29.2 Å². The number of aliphatic carboxylic acids is 1. The first-order valence-electron chi connectivity index (χ1n) is 24.3. The average Bonchev–Trinajstić information content (AvgIpc) is 3.83. The third-order valence-corrected chi connectivity index (χ3v) is 12.1. The molecule has 9 atom stereocenters. The molecule has 8 amide bonds. The van der Waals surface area contributed by atoms with E-state index in [2.05, 4.69) is 54.8 Å². The predicted molar refractivity (Wildman–Crippen MR) is 271 cm³/mol. The molecule has 410 valence electrons. The molecular weight excluding hydrogens is 975 g/mol. The lowest BCUT2D eigenvalue weighted by molar-refractivity contribution is -0.141. The molecule has 9 unspecified atom stereocenters. The lowest BCUT2D eigenvalue weighted by Gasteiger charge is -2.30. The van der Waals surface area contributed by atoms with Crippen molar-refractivity contribution >= 4 is 71.8 Å². The zero-order chi connectivity index (χ0) is 54.9. The zero-order valence-electron chi connectivity index (χ0n) is 41.9. The van der Waals surface area contributed by atoms with Crippen molar-refractivity contribution in [2.45, 2.75) is 140 Å². The summed E-state index contributed by atoms with van der Waals surface area (Å²) >= 11 is 3.97. The van der Waals surface area contributed by atoms with E-state index in [-0.39, 0.29) is 55.6 Å². The Bertz CT molecular complexity index is 2040. The molecule has 27 heteroatoms. The number of hydrogen-bond donors (Lipinski definition) is 16. The Morgan fingerprint density at radius 2 is 1.23 bits per heavy atom. The number of carboxylic acids is 1. The van der Waals surface area contributed by atoms with Gasteiger partial charge in [-0.1, -0.05) is 46.2 Å². The second kappa shape index (κ2) is 32.0. The van der Waals surface area contributed by atoms with Crippen molar-refractivity contribution < 1.29 is 63.6 Å². The number of hydrogen-bond acceptors (Lipinski definition) is 16. The van der Waals surface area contributed by atoms with Crippen molar-refractivity contribution in [3.05, 3.63) is 29.8 Å². The number of unbranched alkanes of at least 4 members (excludes halogenated alkanes) is 1. The quantitative estimate of drug-likeness (QED) is 0.0140. The number of carboxylic acid groups (broad SMARTS) is 1. The number of nitrogens with zero attached hydrogens (tertiary/aromatic N) is 2. The van der Waals surface area contributed by atoms with Gasteiger partial charge in [0, 0.05) is 25.3 Å². The number of aliphatic hydroxyl groups is 2. The Balaban J connectivity index is 2.29. The van der Waals surface area contributed by atoms with Gasteiger partial charge in [0.1, 0.15) is 54.1 Å². The minimum atomic E-state index is -1.75. The Labute approximate surface area is 430 Å². The van der Waals surface area contributed by atoms with Crippen LogP contribution < -0.4 is 60.2 Å². The molecular formula is C46H77N13O13S. The molecule has 2 rings (SSSR count). The molecule has 0 radical (unpaired) electrons. The number of aliphatic imine (C=N–C) groups is 1. The molecule has 0 aliphatic carbocycles. The molecule has 19 N–H and O–H groups in total. The number of benzene rings is 1. The van der Waals surface area contributed by atoms with Gasteiger partial charge < -0.3 is 85.5 Å². The Hall–Kier alpha value is -6.29. The van der Waals surface area contributed by atoms with Gasteiger partial charge in [0.05, 0.1) is 19.3 Å². The van der Waals surface area contributed by atoms with Crippen LogP contribution in [0.3, 0.4) is 0 Å². The van der Waals surface area contributed by atoms with Crippen molar-refractivity contribution in [1.29, 1.82) is 0 Å². The maximum absolute atomic E-state index is 14.0. The minimum Gasteiger partial charge on any atom is -0.508 e. The summed E-state index contributed by atoms with van der Waals surface area (Å²) in [7, 11) is 0. The van der Waals surface area contributed by atoms with Crippen LogP contribution >= 0.6 is 12.6 Å². The zero-order valence-corrected chi connectivity index (χ0v) is 42.8. The number of carbonyl (C=O) groups excluding carboxylic acids is 8. The van der Waals surface area contributed by atoms with Crippen LogP contribution in [0.1, 0.15) is 84.6 Å². The fourth-order valence-corrected chi connectivity index (χ4v) is 7.93. The fraction of sp³-hybridized carbons (Fsp3) is 0.652. The van der Waals surface area contributed by atoms with E-state index in [0.717, 1.165) is 0 Å². The number of nitrogens with one attached hydrogen (secondary N) is 7. The molecule has 0 saturated carbocycles. The van der Waals surface area contributed by atoms with Gasteiger partial charge in [-0.15, -0.1) is 0 Å². The molecule has 26 nitrogen and oxygen atoms in total. The first kappa shape index (κ1) is 62.8. The molecule has 1 aromatic rings. The molecule has 0 aromatic heterocycles. The van der Waals surface area contributed by atoms with Gasteiger partial charge in [0.15, 0.2) is 5.96 Å². The lowest BCUT2D eigenvalue weighted by Crippen LogP contribution is -2.62. The highest BCUT2D eigenvalue weighted by Gasteiger charge is 2.39. The van der Waals surface area contributed by atoms with Gasteiger partial charge >= 0.3 is 5.97 Å². The SMILES string of the molecule is CC(C)CC(NC(=O)C(CO)NC(=O)C(NC(=O)C1CCCN1C(=O)C(N)CCCCN)C(C)C)C(=O)NC(CO)C(=O)NC(Cc1ccc(O)cc1)C(=O)NC(CCCN=C(N)N)C(=O)NC(CS)C(=O)O. The Kier molecular flexibility index (Phi) is 27.6. The Morgan fingerprint density at radius 3 is 1.77 bits per heavy atom.